The highest BCUT2D eigenvalue weighted by atomic mass is 35.5. The lowest BCUT2D eigenvalue weighted by Crippen LogP contribution is -2.07. The molecule has 29 heavy (non-hydrogen) atoms. The van der Waals surface area contributed by atoms with E-state index < -0.39 is 0 Å². The lowest BCUT2D eigenvalue weighted by molar-refractivity contribution is 0.111. The molecule has 150 valence electrons. The lowest BCUT2D eigenvalue weighted by Gasteiger charge is -2.16. The zero-order valence-electron chi connectivity index (χ0n) is 16.9. The molecule has 1 heterocycles. The number of aliphatic imine (C=N–C) groups is 1. The van der Waals surface area contributed by atoms with Gasteiger partial charge in [0.1, 0.15) is 5.75 Å². The topological polar surface area (TPSA) is 56.5 Å². The van der Waals surface area contributed by atoms with Crippen molar-refractivity contribution in [3.05, 3.63) is 76.1 Å². The zero-order valence-corrected chi connectivity index (χ0v) is 17.6. The Kier molecular flexibility index (Phi) is 6.83. The van der Waals surface area contributed by atoms with Gasteiger partial charge in [-0.2, -0.15) is 5.10 Å². The summed E-state index contributed by atoms with van der Waals surface area (Å²) in [5, 5.41) is 4.73. The van der Waals surface area contributed by atoms with Crippen molar-refractivity contribution in [2.75, 3.05) is 13.7 Å². The lowest BCUT2D eigenvalue weighted by atomic mass is 9.97. The predicted octanol–water partition coefficient (Wildman–Crippen LogP) is 5.10. The van der Waals surface area contributed by atoms with Crippen LogP contribution in [-0.2, 0) is 6.42 Å². The summed E-state index contributed by atoms with van der Waals surface area (Å²) in [4.78, 5) is 15.8. The van der Waals surface area contributed by atoms with Crippen LogP contribution in [0.15, 0.2) is 53.8 Å². The summed E-state index contributed by atoms with van der Waals surface area (Å²) in [7, 11) is 1.75. The molecule has 3 aromatic rings. The number of hydrogen-bond acceptors (Lipinski definition) is 4. The Morgan fingerprint density at radius 3 is 2.69 bits per heavy atom. The highest BCUT2D eigenvalue weighted by Gasteiger charge is 2.16. The molecule has 0 aliphatic carbocycles. The molecule has 0 unspecified atom stereocenters. The van der Waals surface area contributed by atoms with Gasteiger partial charge in [0, 0.05) is 31.6 Å². The highest BCUT2D eigenvalue weighted by molar-refractivity contribution is 6.33. The largest absolute Gasteiger partial charge is 0.491 e. The molecule has 0 bridgehead atoms. The number of rotatable bonds is 8. The molecular weight excluding hydrogens is 386 g/mol. The molecule has 0 aliphatic heterocycles. The second kappa shape index (κ2) is 9.52. The van der Waals surface area contributed by atoms with Crippen LogP contribution in [0.5, 0.6) is 5.75 Å². The van der Waals surface area contributed by atoms with Gasteiger partial charge in [-0.15, -0.1) is 0 Å². The summed E-state index contributed by atoms with van der Waals surface area (Å²) in [6.07, 6.45) is 5.82. The second-order valence-corrected chi connectivity index (χ2v) is 7.24. The average molecular weight is 410 g/mol. The average Bonchev–Trinajstić information content (AvgIpc) is 3.28. The Balaban J connectivity index is 1.81. The van der Waals surface area contributed by atoms with E-state index >= 15 is 0 Å². The van der Waals surface area contributed by atoms with Gasteiger partial charge in [-0.3, -0.25) is 9.79 Å². The zero-order chi connectivity index (χ0) is 20.8. The second-order valence-electron chi connectivity index (χ2n) is 6.86. The summed E-state index contributed by atoms with van der Waals surface area (Å²) in [5.41, 5.74) is 5.50. The van der Waals surface area contributed by atoms with Crippen LogP contribution in [0.3, 0.4) is 0 Å². The Morgan fingerprint density at radius 2 is 2.07 bits per heavy atom. The standard InChI is InChI=1S/C23H24ClN3O2/c1-16(25-3)9-12-29-23-20(15-28)14-19(17(2)22(23)24)13-18-5-7-21(8-6-18)27-11-4-10-26-27/h4-8,10-11,14-15H,9,12-13H2,1-3H3. The predicted molar refractivity (Wildman–Crippen MR) is 117 cm³/mol. The molecule has 0 aliphatic rings. The van der Waals surface area contributed by atoms with Gasteiger partial charge in [-0.1, -0.05) is 23.7 Å². The van der Waals surface area contributed by atoms with E-state index in [0.29, 0.717) is 35.8 Å². The molecule has 0 amide bonds. The van der Waals surface area contributed by atoms with E-state index in [0.717, 1.165) is 34.4 Å². The first-order chi connectivity index (χ1) is 14.0. The minimum atomic E-state index is 0.428. The van der Waals surface area contributed by atoms with E-state index in [1.807, 2.05) is 49.0 Å². The van der Waals surface area contributed by atoms with Crippen LogP contribution in [0.25, 0.3) is 5.69 Å². The molecular formula is C23H24ClN3O2. The maximum absolute atomic E-state index is 11.7. The van der Waals surface area contributed by atoms with Crippen LogP contribution in [0.2, 0.25) is 5.02 Å². The fourth-order valence-electron chi connectivity index (χ4n) is 3.04. The summed E-state index contributed by atoms with van der Waals surface area (Å²) < 4.78 is 7.63. The Labute approximate surface area is 176 Å². The quantitative estimate of drug-likeness (QED) is 0.384. The smallest absolute Gasteiger partial charge is 0.153 e. The summed E-state index contributed by atoms with van der Waals surface area (Å²) in [5.74, 6) is 0.445. The number of aromatic nitrogens is 2. The van der Waals surface area contributed by atoms with Gasteiger partial charge in [0.2, 0.25) is 0 Å². The third kappa shape index (κ3) is 4.93. The molecule has 5 nitrogen and oxygen atoms in total. The van der Waals surface area contributed by atoms with Gasteiger partial charge in [-0.05, 0) is 61.2 Å². The normalized spacial score (nSPS) is 11.5. The number of ether oxygens (including phenoxy) is 1. The van der Waals surface area contributed by atoms with Crippen molar-refractivity contribution in [3.8, 4) is 11.4 Å². The van der Waals surface area contributed by atoms with Crippen molar-refractivity contribution < 1.29 is 9.53 Å². The van der Waals surface area contributed by atoms with Crippen LogP contribution >= 0.6 is 11.6 Å². The SMILES string of the molecule is CN=C(C)CCOc1c(C=O)cc(Cc2ccc(-n3cccn3)cc2)c(C)c1Cl. The first kappa shape index (κ1) is 20.8. The minimum Gasteiger partial charge on any atom is -0.491 e. The van der Waals surface area contributed by atoms with Crippen LogP contribution in [0, 0.1) is 6.92 Å². The number of hydrogen-bond donors (Lipinski definition) is 0. The summed E-state index contributed by atoms with van der Waals surface area (Å²) in [6, 6.07) is 11.9. The first-order valence-electron chi connectivity index (χ1n) is 9.44. The highest BCUT2D eigenvalue weighted by Crippen LogP contribution is 2.34. The van der Waals surface area contributed by atoms with Gasteiger partial charge < -0.3 is 4.74 Å². The molecule has 2 aromatic carbocycles. The van der Waals surface area contributed by atoms with E-state index in [9.17, 15) is 4.79 Å². The fraction of sp³-hybridized carbons (Fsp3) is 0.261. The number of aldehydes is 1. The molecule has 6 heteroatoms. The molecule has 0 spiro atoms. The summed E-state index contributed by atoms with van der Waals surface area (Å²) >= 11 is 6.56. The van der Waals surface area contributed by atoms with Crippen LogP contribution in [0.1, 0.15) is 40.4 Å². The number of carbonyl (C=O) groups excluding carboxylic acids is 1. The summed E-state index contributed by atoms with van der Waals surface area (Å²) in [6.45, 7) is 4.32. The Bertz CT molecular complexity index is 1010. The van der Waals surface area contributed by atoms with Crippen molar-refractivity contribution in [1.29, 1.82) is 0 Å². The van der Waals surface area contributed by atoms with Gasteiger partial charge in [0.25, 0.3) is 0 Å². The van der Waals surface area contributed by atoms with E-state index in [4.69, 9.17) is 16.3 Å². The van der Waals surface area contributed by atoms with Crippen molar-refractivity contribution in [3.63, 3.8) is 0 Å². The maximum Gasteiger partial charge on any atom is 0.153 e. The monoisotopic (exact) mass is 409 g/mol. The van der Waals surface area contributed by atoms with Gasteiger partial charge >= 0.3 is 0 Å². The molecule has 0 saturated carbocycles. The first-order valence-corrected chi connectivity index (χ1v) is 9.82. The van der Waals surface area contributed by atoms with Crippen LogP contribution in [-0.4, -0.2) is 35.4 Å². The molecule has 3 rings (SSSR count). The Morgan fingerprint density at radius 1 is 1.31 bits per heavy atom. The Hall–Kier alpha value is -2.92. The van der Waals surface area contributed by atoms with E-state index in [-0.39, 0.29) is 0 Å². The van der Waals surface area contributed by atoms with E-state index in [1.54, 1.807) is 13.2 Å². The number of benzene rings is 2. The van der Waals surface area contributed by atoms with Crippen molar-refractivity contribution in [1.82, 2.24) is 9.78 Å². The minimum absolute atomic E-state index is 0.428. The molecule has 0 saturated heterocycles. The third-order valence-electron chi connectivity index (χ3n) is 4.92. The van der Waals surface area contributed by atoms with Crippen LogP contribution < -0.4 is 4.74 Å². The number of carbonyl (C=O) groups is 1. The molecule has 0 N–H and O–H groups in total. The van der Waals surface area contributed by atoms with E-state index in [1.165, 1.54) is 0 Å². The fourth-order valence-corrected chi connectivity index (χ4v) is 3.32. The molecule has 0 fully saturated rings. The van der Waals surface area contributed by atoms with Gasteiger partial charge in [-0.25, -0.2) is 4.68 Å². The number of nitrogens with zero attached hydrogens (tertiary/aromatic N) is 3. The molecule has 0 atom stereocenters. The number of halogens is 1. The molecule has 1 aromatic heterocycles. The van der Waals surface area contributed by atoms with Gasteiger partial charge in [0.15, 0.2) is 6.29 Å². The maximum atomic E-state index is 11.7. The van der Waals surface area contributed by atoms with Crippen molar-refractivity contribution in [2.45, 2.75) is 26.7 Å². The third-order valence-corrected chi connectivity index (χ3v) is 5.38. The van der Waals surface area contributed by atoms with Crippen molar-refractivity contribution >= 4 is 23.6 Å². The van der Waals surface area contributed by atoms with Gasteiger partial charge in [0.05, 0.1) is 22.9 Å². The molecule has 0 radical (unpaired) electrons. The van der Waals surface area contributed by atoms with Crippen molar-refractivity contribution in [2.24, 2.45) is 4.99 Å². The van der Waals surface area contributed by atoms with E-state index in [2.05, 4.69) is 22.2 Å². The van der Waals surface area contributed by atoms with Crippen LogP contribution in [0.4, 0.5) is 0 Å².